The van der Waals surface area contributed by atoms with Crippen LogP contribution in [0.25, 0.3) is 16.6 Å². The van der Waals surface area contributed by atoms with E-state index in [4.69, 9.17) is 5.73 Å². The molecule has 184 valence electrons. The fourth-order valence-corrected chi connectivity index (χ4v) is 5.64. The first-order chi connectivity index (χ1) is 16.5. The molecule has 3 aromatic rings. The van der Waals surface area contributed by atoms with Crippen LogP contribution in [-0.4, -0.2) is 61.2 Å². The second-order valence-electron chi connectivity index (χ2n) is 10.3. The second kappa shape index (κ2) is 8.30. The van der Waals surface area contributed by atoms with Crippen LogP contribution in [0.3, 0.4) is 0 Å². The molecule has 2 amide bonds. The van der Waals surface area contributed by atoms with Gasteiger partial charge in [-0.3, -0.25) is 9.59 Å². The number of halogens is 1. The summed E-state index contributed by atoms with van der Waals surface area (Å²) in [7, 11) is 0. The van der Waals surface area contributed by atoms with Crippen molar-refractivity contribution in [3.05, 3.63) is 48.3 Å². The minimum atomic E-state index is -1.39. The Balaban J connectivity index is 1.44. The van der Waals surface area contributed by atoms with Gasteiger partial charge in [0.2, 0.25) is 5.95 Å². The van der Waals surface area contributed by atoms with Gasteiger partial charge in [0.25, 0.3) is 11.8 Å². The number of hydrogen-bond donors (Lipinski definition) is 3. The highest BCUT2D eigenvalue weighted by molar-refractivity contribution is 6.02. The van der Waals surface area contributed by atoms with E-state index in [-0.39, 0.29) is 29.3 Å². The van der Waals surface area contributed by atoms with Gasteiger partial charge in [-0.05, 0) is 55.7 Å². The van der Waals surface area contributed by atoms with Crippen molar-refractivity contribution in [2.24, 2.45) is 23.5 Å². The van der Waals surface area contributed by atoms with E-state index in [0.29, 0.717) is 35.8 Å². The molecule has 0 bridgehead atoms. The van der Waals surface area contributed by atoms with E-state index in [1.54, 1.807) is 21.7 Å². The minimum absolute atomic E-state index is 0.0606. The Bertz CT molecular complexity index is 1320. The zero-order chi connectivity index (χ0) is 25.1. The number of nitrogens with one attached hydrogen (secondary N) is 1. The molecule has 0 spiro atoms. The number of amides is 2. The molecular formula is C25H29FN6O3. The van der Waals surface area contributed by atoms with Crippen LogP contribution in [0, 0.1) is 23.7 Å². The van der Waals surface area contributed by atoms with E-state index in [2.05, 4.69) is 22.3 Å². The van der Waals surface area contributed by atoms with Crippen molar-refractivity contribution in [3.63, 3.8) is 0 Å². The number of fused-ring (bicyclic) bond motifs is 2. The highest BCUT2D eigenvalue weighted by atomic mass is 19.1. The zero-order valence-electron chi connectivity index (χ0n) is 19.9. The van der Waals surface area contributed by atoms with E-state index in [1.165, 1.54) is 32.3 Å². The van der Waals surface area contributed by atoms with Gasteiger partial charge in [0, 0.05) is 43.2 Å². The van der Waals surface area contributed by atoms with E-state index >= 15 is 0 Å². The molecule has 4 N–H and O–H groups in total. The molecule has 1 saturated heterocycles. The maximum atomic E-state index is 13.7. The third-order valence-electron chi connectivity index (χ3n) is 7.46. The average Bonchev–Trinajstić information content (AvgIpc) is 3.47. The maximum Gasteiger partial charge on any atom is 0.253 e. The number of pyridine rings is 1. The Hall–Kier alpha value is -3.53. The summed E-state index contributed by atoms with van der Waals surface area (Å²) in [5.41, 5.74) is 7.22. The number of carbonyl (C=O) groups is 2. The number of likely N-dealkylation sites (tertiary alicyclic amines) is 1. The SMILES string of the molecule is C[C@@H]1[C@H]2CN(C(=O)C(C)(C)O)C[C@H]2C[C@H]1Nc1c(C(N)=O)cnn2cc(-c3ccnc(F)c3)cc12. The highest BCUT2D eigenvalue weighted by Crippen LogP contribution is 2.44. The van der Waals surface area contributed by atoms with Gasteiger partial charge in [-0.15, -0.1) is 0 Å². The van der Waals surface area contributed by atoms with Crippen molar-refractivity contribution in [1.29, 1.82) is 0 Å². The number of anilines is 1. The standard InChI is InChI=1S/C25H29FN6O3/c1-13-18-12-31(24(34)25(2,3)35)10-16(18)6-19(13)30-22-17(23(27)33)9-29-32-11-15(7-20(22)32)14-4-5-28-21(26)8-14/h4-5,7-9,11,13,16,18-19,30,35H,6,10,12H2,1-3H3,(H2,27,33)/t13-,16-,18-,19-/m1/s1. The molecule has 4 atom stereocenters. The average molecular weight is 481 g/mol. The molecule has 9 nitrogen and oxygen atoms in total. The van der Waals surface area contributed by atoms with E-state index in [0.717, 1.165) is 12.0 Å². The first kappa shape index (κ1) is 23.2. The van der Waals surface area contributed by atoms with Crippen LogP contribution in [-0.2, 0) is 4.79 Å². The van der Waals surface area contributed by atoms with Crippen molar-refractivity contribution in [1.82, 2.24) is 19.5 Å². The van der Waals surface area contributed by atoms with Crippen LogP contribution in [0.15, 0.2) is 36.8 Å². The highest BCUT2D eigenvalue weighted by Gasteiger charge is 2.48. The number of carbonyl (C=O) groups excluding carboxylic acids is 2. The number of primary amides is 1. The van der Waals surface area contributed by atoms with E-state index in [1.807, 2.05) is 6.07 Å². The fraction of sp³-hybridized carbons (Fsp3) is 0.440. The van der Waals surface area contributed by atoms with Crippen molar-refractivity contribution in [3.8, 4) is 11.1 Å². The molecule has 10 heteroatoms. The Morgan fingerprint density at radius 1 is 1.26 bits per heavy atom. The summed E-state index contributed by atoms with van der Waals surface area (Å²) < 4.78 is 15.3. The molecule has 2 fully saturated rings. The maximum absolute atomic E-state index is 13.7. The van der Waals surface area contributed by atoms with Gasteiger partial charge in [-0.2, -0.15) is 9.49 Å². The zero-order valence-corrected chi connectivity index (χ0v) is 19.9. The quantitative estimate of drug-likeness (QED) is 0.481. The third kappa shape index (κ3) is 4.12. The number of rotatable bonds is 5. The number of aliphatic hydroxyl groups is 1. The summed E-state index contributed by atoms with van der Waals surface area (Å²) in [6.07, 6.45) is 5.43. The molecule has 1 aliphatic heterocycles. The monoisotopic (exact) mass is 480 g/mol. The molecular weight excluding hydrogens is 451 g/mol. The summed E-state index contributed by atoms with van der Waals surface area (Å²) in [5, 5.41) is 18.0. The predicted molar refractivity (Wildman–Crippen MR) is 128 cm³/mol. The number of nitrogens with zero attached hydrogens (tertiary/aromatic N) is 4. The van der Waals surface area contributed by atoms with Crippen LogP contribution >= 0.6 is 0 Å². The molecule has 4 heterocycles. The smallest absolute Gasteiger partial charge is 0.253 e. The molecule has 0 radical (unpaired) electrons. The van der Waals surface area contributed by atoms with Crippen LogP contribution in [0.5, 0.6) is 0 Å². The minimum Gasteiger partial charge on any atom is -0.381 e. The van der Waals surface area contributed by atoms with Crippen molar-refractivity contribution >= 4 is 23.0 Å². The van der Waals surface area contributed by atoms with Crippen LogP contribution < -0.4 is 11.1 Å². The van der Waals surface area contributed by atoms with Gasteiger partial charge in [-0.25, -0.2) is 9.50 Å². The molecule has 3 aromatic heterocycles. The van der Waals surface area contributed by atoms with Crippen LogP contribution in [0.4, 0.5) is 10.1 Å². The summed E-state index contributed by atoms with van der Waals surface area (Å²) in [6.45, 7) is 6.39. The summed E-state index contributed by atoms with van der Waals surface area (Å²) in [4.78, 5) is 30.2. The number of aromatic nitrogens is 3. The lowest BCUT2D eigenvalue weighted by Gasteiger charge is -2.28. The lowest BCUT2D eigenvalue weighted by molar-refractivity contribution is -0.147. The molecule has 0 unspecified atom stereocenters. The normalized spacial score (nSPS) is 24.1. The van der Waals surface area contributed by atoms with Crippen LogP contribution in [0.2, 0.25) is 0 Å². The summed E-state index contributed by atoms with van der Waals surface area (Å²) in [6, 6.07) is 4.96. The number of nitrogens with two attached hydrogens (primary N) is 1. The Labute approximate surface area is 202 Å². The summed E-state index contributed by atoms with van der Waals surface area (Å²) in [5.74, 6) is -0.610. The molecule has 0 aromatic carbocycles. The first-order valence-corrected chi connectivity index (χ1v) is 11.7. The molecule has 5 rings (SSSR count). The summed E-state index contributed by atoms with van der Waals surface area (Å²) >= 11 is 0. The van der Waals surface area contributed by atoms with Gasteiger partial charge in [0.15, 0.2) is 0 Å². The first-order valence-electron chi connectivity index (χ1n) is 11.7. The Morgan fingerprint density at radius 2 is 2.03 bits per heavy atom. The largest absolute Gasteiger partial charge is 0.381 e. The predicted octanol–water partition coefficient (Wildman–Crippen LogP) is 2.30. The number of hydrogen-bond acceptors (Lipinski definition) is 6. The lowest BCUT2D eigenvalue weighted by Crippen LogP contribution is -2.45. The van der Waals surface area contributed by atoms with Gasteiger partial charge >= 0.3 is 0 Å². The van der Waals surface area contributed by atoms with Gasteiger partial charge < -0.3 is 21.1 Å². The Morgan fingerprint density at radius 3 is 2.69 bits per heavy atom. The van der Waals surface area contributed by atoms with E-state index < -0.39 is 17.5 Å². The molecule has 35 heavy (non-hydrogen) atoms. The van der Waals surface area contributed by atoms with Gasteiger partial charge in [0.05, 0.1) is 23.0 Å². The molecule has 1 aliphatic carbocycles. The third-order valence-corrected chi connectivity index (χ3v) is 7.46. The van der Waals surface area contributed by atoms with Crippen molar-refractivity contribution < 1.29 is 19.1 Å². The van der Waals surface area contributed by atoms with E-state index in [9.17, 15) is 19.1 Å². The van der Waals surface area contributed by atoms with Gasteiger partial charge in [0.1, 0.15) is 5.60 Å². The second-order valence-corrected chi connectivity index (χ2v) is 10.3. The molecule has 1 saturated carbocycles. The Kier molecular flexibility index (Phi) is 5.51. The molecule has 2 aliphatic rings. The van der Waals surface area contributed by atoms with Crippen molar-refractivity contribution in [2.45, 2.75) is 38.8 Å². The van der Waals surface area contributed by atoms with Crippen molar-refractivity contribution in [2.75, 3.05) is 18.4 Å². The van der Waals surface area contributed by atoms with Crippen LogP contribution in [0.1, 0.15) is 37.6 Å². The van der Waals surface area contributed by atoms with Gasteiger partial charge in [-0.1, -0.05) is 6.92 Å². The lowest BCUT2D eigenvalue weighted by atomic mass is 9.93. The fourth-order valence-electron chi connectivity index (χ4n) is 5.64. The topological polar surface area (TPSA) is 126 Å².